The molecule has 1 aliphatic heterocycles. The van der Waals surface area contributed by atoms with Gasteiger partial charge in [-0.25, -0.2) is 13.6 Å². The zero-order valence-electron chi connectivity index (χ0n) is 25.2. The molecule has 42 heavy (non-hydrogen) atoms. The van der Waals surface area contributed by atoms with Crippen molar-refractivity contribution >= 4 is 35.3 Å². The third-order valence-corrected chi connectivity index (χ3v) is 6.46. The summed E-state index contributed by atoms with van der Waals surface area (Å²) in [6.45, 7) is 11.8. The molecule has 0 aromatic heterocycles. The highest BCUT2D eigenvalue weighted by molar-refractivity contribution is 5.93. The molecule has 6 amide bonds. The van der Waals surface area contributed by atoms with Crippen LogP contribution in [0.15, 0.2) is 18.2 Å². The van der Waals surface area contributed by atoms with Gasteiger partial charge < -0.3 is 31.9 Å². The number of benzene rings is 1. The number of hydrogen-bond donors (Lipinski definition) is 5. The van der Waals surface area contributed by atoms with Crippen molar-refractivity contribution in [1.82, 2.24) is 20.9 Å². The quantitative estimate of drug-likeness (QED) is 0.249. The van der Waals surface area contributed by atoms with E-state index in [1.54, 1.807) is 0 Å². The monoisotopic (exact) mass is 594 g/mol. The summed E-state index contributed by atoms with van der Waals surface area (Å²) in [5.74, 6) is -3.55. The molecule has 1 saturated heterocycles. The van der Waals surface area contributed by atoms with E-state index in [1.165, 1.54) is 4.90 Å². The number of nitrogens with zero attached hydrogens (tertiary/aromatic N) is 1. The van der Waals surface area contributed by atoms with Crippen molar-refractivity contribution in [2.45, 2.75) is 91.8 Å². The van der Waals surface area contributed by atoms with Crippen molar-refractivity contribution in [1.29, 1.82) is 0 Å². The van der Waals surface area contributed by atoms with E-state index >= 15 is 0 Å². The molecule has 6 N–H and O–H groups in total. The molecule has 0 spiro atoms. The number of halogens is 2. The predicted molar refractivity (Wildman–Crippen MR) is 154 cm³/mol. The molecule has 2 rings (SSSR count). The second-order valence-corrected chi connectivity index (χ2v) is 13.1. The highest BCUT2D eigenvalue weighted by Crippen LogP contribution is 2.26. The van der Waals surface area contributed by atoms with E-state index in [1.807, 2.05) is 41.5 Å². The van der Waals surface area contributed by atoms with Gasteiger partial charge in [-0.15, -0.1) is 0 Å². The minimum atomic E-state index is -1.03. The summed E-state index contributed by atoms with van der Waals surface area (Å²) in [6, 6.07) is -0.788. The van der Waals surface area contributed by atoms with Gasteiger partial charge in [0.2, 0.25) is 23.6 Å². The Balaban J connectivity index is 2.06. The molecular formula is C29H44F2N6O5. The van der Waals surface area contributed by atoms with Crippen molar-refractivity contribution in [2.24, 2.45) is 16.6 Å². The number of rotatable bonds is 11. The molecule has 1 aliphatic rings. The summed E-state index contributed by atoms with van der Waals surface area (Å²) in [6.07, 6.45) is 1.06. The Morgan fingerprint density at radius 2 is 1.67 bits per heavy atom. The van der Waals surface area contributed by atoms with Gasteiger partial charge in [-0.1, -0.05) is 41.5 Å². The molecule has 1 heterocycles. The first-order chi connectivity index (χ1) is 19.3. The molecule has 1 fully saturated rings. The third-order valence-electron chi connectivity index (χ3n) is 6.46. The van der Waals surface area contributed by atoms with E-state index in [9.17, 15) is 32.8 Å². The van der Waals surface area contributed by atoms with Gasteiger partial charge in [0, 0.05) is 32.0 Å². The summed E-state index contributed by atoms with van der Waals surface area (Å²) in [4.78, 5) is 64.6. The van der Waals surface area contributed by atoms with Crippen LogP contribution in [0.2, 0.25) is 0 Å². The fourth-order valence-electron chi connectivity index (χ4n) is 4.59. The van der Waals surface area contributed by atoms with Gasteiger partial charge >= 0.3 is 6.03 Å². The van der Waals surface area contributed by atoms with Crippen molar-refractivity contribution in [2.75, 3.05) is 18.4 Å². The van der Waals surface area contributed by atoms with Gasteiger partial charge in [0.05, 0.1) is 11.7 Å². The van der Waals surface area contributed by atoms with Gasteiger partial charge in [0.1, 0.15) is 23.7 Å². The van der Waals surface area contributed by atoms with Crippen LogP contribution in [-0.4, -0.2) is 65.8 Å². The molecule has 0 radical (unpaired) electrons. The largest absolute Gasteiger partial charge is 0.368 e. The topological polar surface area (TPSA) is 163 Å². The smallest absolute Gasteiger partial charge is 0.319 e. The van der Waals surface area contributed by atoms with Crippen molar-refractivity contribution < 1.29 is 32.8 Å². The Morgan fingerprint density at radius 1 is 1.02 bits per heavy atom. The van der Waals surface area contributed by atoms with Crippen LogP contribution in [0.1, 0.15) is 73.6 Å². The van der Waals surface area contributed by atoms with Gasteiger partial charge in [-0.3, -0.25) is 19.2 Å². The van der Waals surface area contributed by atoms with Crippen LogP contribution in [0.5, 0.6) is 0 Å². The zero-order chi connectivity index (χ0) is 31.8. The summed E-state index contributed by atoms with van der Waals surface area (Å²) in [5.41, 5.74) is 4.75. The second-order valence-electron chi connectivity index (χ2n) is 13.1. The molecule has 0 bridgehead atoms. The number of carbonyl (C=O) groups is 5. The number of amides is 6. The molecule has 1 aromatic carbocycles. The summed E-state index contributed by atoms with van der Waals surface area (Å²) >= 11 is 0. The van der Waals surface area contributed by atoms with Crippen molar-refractivity contribution in [3.8, 4) is 0 Å². The molecule has 13 heteroatoms. The molecule has 0 saturated carbocycles. The minimum absolute atomic E-state index is 0.00731. The lowest BCUT2D eigenvalue weighted by Gasteiger charge is -2.28. The Bertz CT molecular complexity index is 1160. The average Bonchev–Trinajstić information content (AvgIpc) is 3.24. The van der Waals surface area contributed by atoms with Gasteiger partial charge in [0.15, 0.2) is 0 Å². The van der Waals surface area contributed by atoms with E-state index in [2.05, 4.69) is 21.3 Å². The fourth-order valence-corrected chi connectivity index (χ4v) is 4.59. The number of hydrogen-bond acceptors (Lipinski definition) is 5. The second kappa shape index (κ2) is 14.4. The summed E-state index contributed by atoms with van der Waals surface area (Å²) < 4.78 is 27.2. The lowest BCUT2D eigenvalue weighted by molar-refractivity contribution is -0.140. The Labute approximate surface area is 245 Å². The number of urea groups is 1. The third kappa shape index (κ3) is 11.6. The number of nitrogens with two attached hydrogens (primary N) is 1. The maximum atomic E-state index is 14.0. The lowest BCUT2D eigenvalue weighted by Crippen LogP contribution is -2.52. The Hall–Kier alpha value is -3.77. The van der Waals surface area contributed by atoms with E-state index in [4.69, 9.17) is 5.73 Å². The number of anilines is 1. The van der Waals surface area contributed by atoms with Crippen LogP contribution in [-0.2, 0) is 19.2 Å². The number of primary amides is 1. The van der Waals surface area contributed by atoms with Crippen LogP contribution < -0.4 is 27.0 Å². The first kappa shape index (κ1) is 34.4. The zero-order valence-corrected chi connectivity index (χ0v) is 25.2. The normalized spacial score (nSPS) is 17.8. The molecule has 3 unspecified atom stereocenters. The minimum Gasteiger partial charge on any atom is -0.368 e. The Kier molecular flexibility index (Phi) is 11.8. The van der Waals surface area contributed by atoms with Crippen molar-refractivity contribution in [3.63, 3.8) is 0 Å². The van der Waals surface area contributed by atoms with Crippen LogP contribution in [0.25, 0.3) is 0 Å². The van der Waals surface area contributed by atoms with E-state index in [0.29, 0.717) is 25.5 Å². The van der Waals surface area contributed by atoms with Gasteiger partial charge in [-0.05, 0) is 42.2 Å². The van der Waals surface area contributed by atoms with Crippen LogP contribution in [0.4, 0.5) is 19.3 Å². The van der Waals surface area contributed by atoms with Crippen LogP contribution in [0, 0.1) is 22.5 Å². The standard InChI is InChI=1S/C29H44F2N6O5/c1-28(2,3)14-23(38)33-11-7-8-21(25(32)40)35-26(41)22-13-18(16-37(22)24(39)15-29(4,5)6)34-27(42)36-20-10-9-17(30)12-19(20)31/h9-10,12,18,21-22H,7-8,11,13-16H2,1-6H3,(H2,32,40)(H,33,38)(H,35,41)(H2,34,36,42). The number of carbonyl (C=O) groups excluding carboxylic acids is 5. The molecule has 3 atom stereocenters. The molecule has 1 aromatic rings. The molecule has 11 nitrogen and oxygen atoms in total. The SMILES string of the molecule is CC(C)(C)CC(=O)NCCCC(NC(=O)C1CC(NC(=O)Nc2ccc(F)cc2F)CN1C(=O)CC(C)(C)C)C(N)=O. The van der Waals surface area contributed by atoms with E-state index in [-0.39, 0.29) is 54.1 Å². The maximum absolute atomic E-state index is 14.0. The summed E-state index contributed by atoms with van der Waals surface area (Å²) in [5, 5.41) is 10.3. The molecule has 0 aliphatic carbocycles. The predicted octanol–water partition coefficient (Wildman–Crippen LogP) is 2.79. The summed E-state index contributed by atoms with van der Waals surface area (Å²) in [7, 11) is 0. The van der Waals surface area contributed by atoms with Gasteiger partial charge in [0.25, 0.3) is 0 Å². The van der Waals surface area contributed by atoms with Crippen LogP contribution >= 0.6 is 0 Å². The first-order valence-corrected chi connectivity index (χ1v) is 14.0. The number of likely N-dealkylation sites (tertiary alicyclic amines) is 1. The van der Waals surface area contributed by atoms with Gasteiger partial charge in [-0.2, -0.15) is 0 Å². The number of nitrogens with one attached hydrogen (secondary N) is 4. The highest BCUT2D eigenvalue weighted by atomic mass is 19.1. The highest BCUT2D eigenvalue weighted by Gasteiger charge is 2.41. The fraction of sp³-hybridized carbons (Fsp3) is 0.621. The Morgan fingerprint density at radius 3 is 2.24 bits per heavy atom. The first-order valence-electron chi connectivity index (χ1n) is 14.0. The molecule has 234 valence electrons. The van der Waals surface area contributed by atoms with Crippen molar-refractivity contribution in [3.05, 3.63) is 29.8 Å². The van der Waals surface area contributed by atoms with E-state index in [0.717, 1.165) is 12.1 Å². The average molecular weight is 595 g/mol. The lowest BCUT2D eigenvalue weighted by atomic mass is 9.91. The van der Waals surface area contributed by atoms with E-state index < -0.39 is 47.6 Å². The van der Waals surface area contributed by atoms with Crippen LogP contribution in [0.3, 0.4) is 0 Å². The molecular weight excluding hydrogens is 550 g/mol. The maximum Gasteiger partial charge on any atom is 0.319 e.